The van der Waals surface area contributed by atoms with Crippen molar-refractivity contribution in [2.24, 2.45) is 0 Å². The van der Waals surface area contributed by atoms with E-state index >= 15 is 0 Å². The van der Waals surface area contributed by atoms with E-state index in [0.717, 1.165) is 5.46 Å². The van der Waals surface area contributed by atoms with Gasteiger partial charge in [-0.05, 0) is 23.8 Å². The van der Waals surface area contributed by atoms with E-state index in [0.29, 0.717) is 11.3 Å². The highest BCUT2D eigenvalue weighted by molar-refractivity contribution is 6.32. The SMILES string of the molecule is Bc1ccc(/C(=C\c2ccco2)C(=O)O)cc1. The van der Waals surface area contributed by atoms with Crippen molar-refractivity contribution in [1.82, 2.24) is 0 Å². The predicted molar refractivity (Wildman–Crippen MR) is 68.8 cm³/mol. The molecule has 17 heavy (non-hydrogen) atoms. The molecule has 1 N–H and O–H groups in total. The van der Waals surface area contributed by atoms with Gasteiger partial charge in [-0.25, -0.2) is 4.79 Å². The van der Waals surface area contributed by atoms with Crippen LogP contribution in [-0.2, 0) is 4.79 Å². The van der Waals surface area contributed by atoms with Crippen molar-refractivity contribution in [3.63, 3.8) is 0 Å². The summed E-state index contributed by atoms with van der Waals surface area (Å²) in [6.07, 6.45) is 3.04. The maximum absolute atomic E-state index is 11.2. The first-order valence-electron chi connectivity index (χ1n) is 5.22. The Labute approximate surface area is 99.8 Å². The molecule has 0 amide bonds. The van der Waals surface area contributed by atoms with Crippen molar-refractivity contribution in [2.75, 3.05) is 0 Å². The fourth-order valence-electron chi connectivity index (χ4n) is 1.52. The smallest absolute Gasteiger partial charge is 0.336 e. The molecule has 84 valence electrons. The van der Waals surface area contributed by atoms with Crippen LogP contribution in [0.5, 0.6) is 0 Å². The molecule has 0 fully saturated rings. The Morgan fingerprint density at radius 3 is 2.47 bits per heavy atom. The Kier molecular flexibility index (Phi) is 3.14. The Bertz CT molecular complexity index is 539. The van der Waals surface area contributed by atoms with E-state index in [9.17, 15) is 9.90 Å². The van der Waals surface area contributed by atoms with E-state index in [1.807, 2.05) is 20.0 Å². The van der Waals surface area contributed by atoms with Crippen molar-refractivity contribution < 1.29 is 14.3 Å². The largest absolute Gasteiger partial charge is 0.478 e. The minimum absolute atomic E-state index is 0.222. The first-order valence-corrected chi connectivity index (χ1v) is 5.22. The molecule has 2 rings (SSSR count). The molecule has 0 radical (unpaired) electrons. The van der Waals surface area contributed by atoms with Gasteiger partial charge in [0.05, 0.1) is 11.8 Å². The Hall–Kier alpha value is -2.23. The van der Waals surface area contributed by atoms with Crippen LogP contribution in [0.3, 0.4) is 0 Å². The molecule has 0 aliphatic carbocycles. The predicted octanol–water partition coefficient (Wildman–Crippen LogP) is 1.16. The van der Waals surface area contributed by atoms with Gasteiger partial charge in [0.1, 0.15) is 13.6 Å². The number of benzene rings is 1. The second-order valence-electron chi connectivity index (χ2n) is 3.74. The minimum Gasteiger partial charge on any atom is -0.478 e. The van der Waals surface area contributed by atoms with Gasteiger partial charge in [-0.1, -0.05) is 29.7 Å². The van der Waals surface area contributed by atoms with Gasteiger partial charge in [-0.15, -0.1) is 0 Å². The van der Waals surface area contributed by atoms with Crippen LogP contribution < -0.4 is 5.46 Å². The molecular weight excluding hydrogens is 215 g/mol. The van der Waals surface area contributed by atoms with E-state index in [-0.39, 0.29) is 5.57 Å². The second-order valence-corrected chi connectivity index (χ2v) is 3.74. The summed E-state index contributed by atoms with van der Waals surface area (Å²) >= 11 is 0. The van der Waals surface area contributed by atoms with Gasteiger partial charge in [0.2, 0.25) is 0 Å². The van der Waals surface area contributed by atoms with E-state index in [1.165, 1.54) is 12.3 Å². The fraction of sp³-hybridized carbons (Fsp3) is 0. The Balaban J connectivity index is 2.43. The van der Waals surface area contributed by atoms with Crippen molar-refractivity contribution >= 4 is 30.9 Å². The lowest BCUT2D eigenvalue weighted by molar-refractivity contribution is -0.130. The average Bonchev–Trinajstić information content (AvgIpc) is 2.80. The molecular formula is C13H11BO3. The number of hydrogen-bond acceptors (Lipinski definition) is 2. The normalized spacial score (nSPS) is 11.4. The van der Waals surface area contributed by atoms with E-state index in [1.54, 1.807) is 24.3 Å². The highest BCUT2D eigenvalue weighted by Gasteiger charge is 2.10. The number of hydrogen-bond donors (Lipinski definition) is 1. The molecule has 1 aromatic carbocycles. The summed E-state index contributed by atoms with van der Waals surface area (Å²) in [6.45, 7) is 0. The topological polar surface area (TPSA) is 50.4 Å². The molecule has 0 atom stereocenters. The third-order valence-electron chi connectivity index (χ3n) is 2.42. The van der Waals surface area contributed by atoms with Crippen LogP contribution in [0.25, 0.3) is 11.6 Å². The van der Waals surface area contributed by atoms with Crippen LogP contribution in [0.2, 0.25) is 0 Å². The molecule has 0 saturated heterocycles. The second kappa shape index (κ2) is 4.74. The lowest BCUT2D eigenvalue weighted by atomic mass is 9.93. The van der Waals surface area contributed by atoms with Gasteiger partial charge in [-0.2, -0.15) is 0 Å². The summed E-state index contributed by atoms with van der Waals surface area (Å²) in [5.74, 6) is -0.437. The van der Waals surface area contributed by atoms with E-state index in [2.05, 4.69) is 0 Å². The zero-order valence-electron chi connectivity index (χ0n) is 9.38. The van der Waals surface area contributed by atoms with Crippen molar-refractivity contribution in [3.8, 4) is 0 Å². The van der Waals surface area contributed by atoms with Gasteiger partial charge in [0.25, 0.3) is 0 Å². The van der Waals surface area contributed by atoms with Crippen LogP contribution in [0, 0.1) is 0 Å². The lowest BCUT2D eigenvalue weighted by Crippen LogP contribution is -2.04. The standard InChI is InChI=1S/C13H11BO3/c14-10-5-3-9(4-6-10)12(13(15)16)8-11-2-1-7-17-11/h1-8H,14H2,(H,15,16)/b12-8+. The van der Waals surface area contributed by atoms with Gasteiger partial charge in [-0.3, -0.25) is 0 Å². The molecule has 0 spiro atoms. The maximum atomic E-state index is 11.2. The molecule has 0 aliphatic rings. The molecule has 0 unspecified atom stereocenters. The highest BCUT2D eigenvalue weighted by atomic mass is 16.4. The number of carboxylic acids is 1. The Morgan fingerprint density at radius 2 is 1.94 bits per heavy atom. The van der Waals surface area contributed by atoms with Gasteiger partial charge in [0, 0.05) is 0 Å². The van der Waals surface area contributed by atoms with Gasteiger partial charge < -0.3 is 9.52 Å². The van der Waals surface area contributed by atoms with Gasteiger partial charge in [0.15, 0.2) is 0 Å². The van der Waals surface area contributed by atoms with E-state index < -0.39 is 5.97 Å². The molecule has 1 aromatic heterocycles. The highest BCUT2D eigenvalue weighted by Crippen LogP contribution is 2.18. The molecule has 2 aromatic rings. The van der Waals surface area contributed by atoms with Crippen molar-refractivity contribution in [2.45, 2.75) is 0 Å². The summed E-state index contributed by atoms with van der Waals surface area (Å²) in [7, 11) is 1.96. The first-order chi connectivity index (χ1) is 8.16. The molecule has 4 heteroatoms. The fourth-order valence-corrected chi connectivity index (χ4v) is 1.52. The van der Waals surface area contributed by atoms with Crippen LogP contribution in [0.1, 0.15) is 11.3 Å². The summed E-state index contributed by atoms with van der Waals surface area (Å²) in [5, 5.41) is 9.18. The third-order valence-corrected chi connectivity index (χ3v) is 2.42. The van der Waals surface area contributed by atoms with Crippen LogP contribution in [-0.4, -0.2) is 18.9 Å². The zero-order chi connectivity index (χ0) is 12.3. The number of carboxylic acid groups (broad SMARTS) is 1. The number of carbonyl (C=O) groups is 1. The first kappa shape index (κ1) is 11.3. The zero-order valence-corrected chi connectivity index (χ0v) is 9.38. The molecule has 3 nitrogen and oxygen atoms in total. The summed E-state index contributed by atoms with van der Waals surface area (Å²) in [5.41, 5.74) is 1.98. The maximum Gasteiger partial charge on any atom is 0.336 e. The summed E-state index contributed by atoms with van der Waals surface area (Å²) in [6, 6.07) is 10.8. The van der Waals surface area contributed by atoms with Gasteiger partial charge >= 0.3 is 5.97 Å². The molecule has 0 saturated carbocycles. The molecule has 1 heterocycles. The monoisotopic (exact) mass is 226 g/mol. The lowest BCUT2D eigenvalue weighted by Gasteiger charge is -2.02. The quantitative estimate of drug-likeness (QED) is 0.631. The van der Waals surface area contributed by atoms with Crippen LogP contribution in [0.15, 0.2) is 47.1 Å². The number of aliphatic carboxylic acids is 1. The average molecular weight is 226 g/mol. The third kappa shape index (κ3) is 2.66. The van der Waals surface area contributed by atoms with Crippen LogP contribution >= 0.6 is 0 Å². The minimum atomic E-state index is -0.967. The van der Waals surface area contributed by atoms with Crippen LogP contribution in [0.4, 0.5) is 0 Å². The Morgan fingerprint density at radius 1 is 1.24 bits per heavy atom. The summed E-state index contributed by atoms with van der Waals surface area (Å²) in [4.78, 5) is 11.2. The van der Waals surface area contributed by atoms with Crippen molar-refractivity contribution in [1.29, 1.82) is 0 Å². The van der Waals surface area contributed by atoms with E-state index in [4.69, 9.17) is 4.42 Å². The summed E-state index contributed by atoms with van der Waals surface area (Å²) < 4.78 is 5.12. The number of furan rings is 1. The molecule has 0 bridgehead atoms. The van der Waals surface area contributed by atoms with Crippen molar-refractivity contribution in [3.05, 3.63) is 54.0 Å². The number of rotatable bonds is 3. The molecule has 0 aliphatic heterocycles.